The summed E-state index contributed by atoms with van der Waals surface area (Å²) in [5, 5.41) is 34.3. The molecule has 0 bridgehead atoms. The molecule has 3 N–H and O–H groups in total. The summed E-state index contributed by atoms with van der Waals surface area (Å²) in [6.45, 7) is 13.6. The van der Waals surface area contributed by atoms with Crippen molar-refractivity contribution in [1.29, 1.82) is 0 Å². The largest absolute Gasteiger partial charge is 0.457 e. The van der Waals surface area contributed by atoms with E-state index in [1.807, 2.05) is 13.8 Å². The summed E-state index contributed by atoms with van der Waals surface area (Å²) in [5.41, 5.74) is -6.84. The molecule has 0 aromatic heterocycles. The fourth-order valence-corrected chi connectivity index (χ4v) is 6.67. The van der Waals surface area contributed by atoms with Gasteiger partial charge in [-0.2, -0.15) is 0 Å². The maximum atomic E-state index is 13.6. The lowest BCUT2D eigenvalue weighted by molar-refractivity contribution is -0.350. The predicted molar refractivity (Wildman–Crippen MR) is 105 cm³/mol. The van der Waals surface area contributed by atoms with Gasteiger partial charge in [0.25, 0.3) is 0 Å². The van der Waals surface area contributed by atoms with E-state index in [0.29, 0.717) is 12.8 Å². The molecule has 3 fully saturated rings. The number of fused-ring (bicyclic) bond motifs is 2. The van der Waals surface area contributed by atoms with Crippen LogP contribution in [0.3, 0.4) is 0 Å². The molecule has 0 unspecified atom stereocenters. The molecule has 7 nitrogen and oxygen atoms in total. The number of Topliss-reactive ketones (excluding diaryl/α,β-unsaturated/α-hetero) is 1. The Kier molecular flexibility index (Phi) is 4.91. The van der Waals surface area contributed by atoms with Crippen LogP contribution in [0.2, 0.25) is 0 Å². The Hall–Kier alpha value is -1.28. The van der Waals surface area contributed by atoms with Crippen molar-refractivity contribution in [3.63, 3.8) is 0 Å². The second-order valence-corrected chi connectivity index (χ2v) is 10.4. The molecule has 3 aliphatic rings. The van der Waals surface area contributed by atoms with E-state index in [0.717, 1.165) is 0 Å². The monoisotopic (exact) mass is 410 g/mol. The first-order valence-electron chi connectivity index (χ1n) is 10.2. The molecule has 1 heterocycles. The van der Waals surface area contributed by atoms with E-state index in [4.69, 9.17) is 9.47 Å². The highest BCUT2D eigenvalue weighted by Gasteiger charge is 2.82. The maximum Gasteiger partial charge on any atom is 0.303 e. The van der Waals surface area contributed by atoms with E-state index in [1.165, 1.54) is 19.9 Å². The Balaban J connectivity index is 2.35. The van der Waals surface area contributed by atoms with E-state index >= 15 is 0 Å². The van der Waals surface area contributed by atoms with Crippen LogP contribution in [0.5, 0.6) is 0 Å². The maximum absolute atomic E-state index is 13.6. The zero-order valence-electron chi connectivity index (χ0n) is 18.2. The van der Waals surface area contributed by atoms with Crippen molar-refractivity contribution in [3.05, 3.63) is 12.7 Å². The van der Waals surface area contributed by atoms with Crippen molar-refractivity contribution < 1.29 is 34.4 Å². The third-order valence-corrected chi connectivity index (χ3v) is 7.93. The van der Waals surface area contributed by atoms with E-state index in [-0.39, 0.29) is 6.42 Å². The Morgan fingerprint density at radius 2 is 1.83 bits per heavy atom. The lowest BCUT2D eigenvalue weighted by Gasteiger charge is -2.68. The molecule has 164 valence electrons. The minimum atomic E-state index is -2.07. The number of carbonyl (C=O) groups is 2. The van der Waals surface area contributed by atoms with Crippen molar-refractivity contribution >= 4 is 11.8 Å². The average Bonchev–Trinajstić information content (AvgIpc) is 2.88. The minimum absolute atomic E-state index is 0.0367. The normalized spacial score (nSPS) is 51.6. The van der Waals surface area contributed by atoms with Crippen molar-refractivity contribution in [2.45, 2.75) is 95.9 Å². The molecule has 29 heavy (non-hydrogen) atoms. The topological polar surface area (TPSA) is 113 Å². The van der Waals surface area contributed by atoms with E-state index in [1.54, 1.807) is 13.8 Å². The third-order valence-electron chi connectivity index (χ3n) is 7.93. The van der Waals surface area contributed by atoms with Crippen LogP contribution in [0.15, 0.2) is 12.7 Å². The molecule has 0 aromatic carbocycles. The average molecular weight is 411 g/mol. The Labute approximate surface area is 172 Å². The number of esters is 1. The number of rotatable bonds is 2. The standard InChI is InChI=1S/C22H34O7/c1-8-19(5)11-14(25)22(29-19)20(6)13(24)9-10-18(3,4)16(20)15(26)17(21(22,7)27)28-12(2)23/h8,13,15-17,24,26-27H,1,9-11H2,2-7H3/t13-,15-,16-,17-,19-,20-,21+,22-/m0/s1. The molecule has 8 atom stereocenters. The first-order chi connectivity index (χ1) is 13.1. The first-order valence-corrected chi connectivity index (χ1v) is 10.2. The van der Waals surface area contributed by atoms with Crippen molar-refractivity contribution in [1.82, 2.24) is 0 Å². The third kappa shape index (κ3) is 2.63. The second-order valence-electron chi connectivity index (χ2n) is 10.4. The summed E-state index contributed by atoms with van der Waals surface area (Å²) < 4.78 is 11.8. The van der Waals surface area contributed by atoms with Gasteiger partial charge in [0.1, 0.15) is 5.60 Å². The molecule has 1 saturated heterocycles. The number of hydrogen-bond donors (Lipinski definition) is 3. The van der Waals surface area contributed by atoms with Crippen LogP contribution in [0.25, 0.3) is 0 Å². The van der Waals surface area contributed by atoms with E-state index in [2.05, 4.69) is 6.58 Å². The van der Waals surface area contributed by atoms with Crippen LogP contribution in [-0.2, 0) is 19.1 Å². The van der Waals surface area contributed by atoms with Gasteiger partial charge in [0.05, 0.1) is 17.8 Å². The van der Waals surface area contributed by atoms with Gasteiger partial charge >= 0.3 is 5.97 Å². The molecule has 0 radical (unpaired) electrons. The highest BCUT2D eigenvalue weighted by Crippen LogP contribution is 2.68. The molecular weight excluding hydrogens is 376 g/mol. The summed E-state index contributed by atoms with van der Waals surface area (Å²) >= 11 is 0. The summed E-state index contributed by atoms with van der Waals surface area (Å²) in [6, 6.07) is 0. The summed E-state index contributed by atoms with van der Waals surface area (Å²) in [4.78, 5) is 25.5. The van der Waals surface area contributed by atoms with Crippen molar-refractivity contribution in [2.75, 3.05) is 0 Å². The van der Waals surface area contributed by atoms with Crippen LogP contribution in [0, 0.1) is 16.7 Å². The predicted octanol–water partition coefficient (Wildman–Crippen LogP) is 1.52. The molecule has 0 amide bonds. The SMILES string of the molecule is C=C[C@@]1(C)CC(=O)[C@]2(O1)[C@@]1(C)[C@@H](O)CCC(C)(C)[C@@H]1[C@H](O)[C@H](OC(C)=O)[C@@]2(C)O. The number of ketones is 1. The molecule has 0 aromatic rings. The summed E-state index contributed by atoms with van der Waals surface area (Å²) in [5.74, 6) is -1.74. The molecule has 7 heteroatoms. The van der Waals surface area contributed by atoms with E-state index < -0.39 is 63.6 Å². The van der Waals surface area contributed by atoms with Crippen LogP contribution < -0.4 is 0 Å². The molecule has 2 aliphatic carbocycles. The van der Waals surface area contributed by atoms with Gasteiger partial charge in [-0.05, 0) is 32.1 Å². The molecule has 3 rings (SSSR count). The van der Waals surface area contributed by atoms with Gasteiger partial charge < -0.3 is 24.8 Å². The Morgan fingerprint density at radius 3 is 2.31 bits per heavy atom. The van der Waals surface area contributed by atoms with Crippen LogP contribution in [0.4, 0.5) is 0 Å². The van der Waals surface area contributed by atoms with Gasteiger partial charge in [-0.3, -0.25) is 9.59 Å². The number of aliphatic hydroxyl groups is 3. The number of aliphatic hydroxyl groups excluding tert-OH is 2. The smallest absolute Gasteiger partial charge is 0.303 e. The van der Waals surface area contributed by atoms with Crippen molar-refractivity contribution in [2.24, 2.45) is 16.7 Å². The van der Waals surface area contributed by atoms with Gasteiger partial charge in [-0.25, -0.2) is 0 Å². The lowest BCUT2D eigenvalue weighted by Crippen LogP contribution is -2.83. The van der Waals surface area contributed by atoms with Crippen LogP contribution in [0.1, 0.15) is 60.8 Å². The van der Waals surface area contributed by atoms with Gasteiger partial charge in [0, 0.05) is 24.7 Å². The second kappa shape index (κ2) is 6.36. The first kappa shape index (κ1) is 22.4. The molecule has 2 saturated carbocycles. The van der Waals surface area contributed by atoms with Gasteiger partial charge in [0.15, 0.2) is 17.5 Å². The summed E-state index contributed by atoms with van der Waals surface area (Å²) in [6.07, 6.45) is -1.21. The summed E-state index contributed by atoms with van der Waals surface area (Å²) in [7, 11) is 0. The number of ether oxygens (including phenoxy) is 2. The van der Waals surface area contributed by atoms with Gasteiger partial charge in [-0.1, -0.05) is 26.8 Å². The van der Waals surface area contributed by atoms with Crippen LogP contribution >= 0.6 is 0 Å². The van der Waals surface area contributed by atoms with Gasteiger partial charge in [0.2, 0.25) is 0 Å². The Bertz CT molecular complexity index is 743. The molecular formula is C22H34O7. The number of hydrogen-bond acceptors (Lipinski definition) is 7. The van der Waals surface area contributed by atoms with Crippen molar-refractivity contribution in [3.8, 4) is 0 Å². The Morgan fingerprint density at radius 1 is 1.24 bits per heavy atom. The highest BCUT2D eigenvalue weighted by molar-refractivity contribution is 5.94. The van der Waals surface area contributed by atoms with Gasteiger partial charge in [-0.15, -0.1) is 6.58 Å². The zero-order valence-corrected chi connectivity index (χ0v) is 18.2. The fraction of sp³-hybridized carbons (Fsp3) is 0.818. The van der Waals surface area contributed by atoms with Crippen LogP contribution in [-0.4, -0.2) is 62.2 Å². The minimum Gasteiger partial charge on any atom is -0.457 e. The fourth-order valence-electron chi connectivity index (χ4n) is 6.67. The quantitative estimate of drug-likeness (QED) is 0.467. The molecule has 1 aliphatic heterocycles. The number of carbonyl (C=O) groups excluding carboxylic acids is 2. The molecule has 1 spiro atoms. The zero-order chi connectivity index (χ0) is 22.2. The lowest BCUT2D eigenvalue weighted by atomic mass is 9.40. The highest BCUT2D eigenvalue weighted by atomic mass is 16.6. The van der Waals surface area contributed by atoms with E-state index in [9.17, 15) is 24.9 Å².